The minimum Gasteiger partial charge on any atom is -0.328 e. The van der Waals surface area contributed by atoms with Crippen LogP contribution < -0.4 is 5.73 Å². The molecule has 0 spiro atoms. The molecule has 0 saturated carbocycles. The quantitative estimate of drug-likeness (QED) is 0.843. The summed E-state index contributed by atoms with van der Waals surface area (Å²) in [6.07, 6.45) is 1.38. The SMILES string of the molecule is CC(N)C1CCCN(S(=O)(=O)c2ccc(F)c(F)c2F)C1.Cl. The number of piperidine rings is 1. The molecule has 9 heteroatoms. The lowest BCUT2D eigenvalue weighted by atomic mass is 9.93. The fourth-order valence-electron chi connectivity index (χ4n) is 2.47. The standard InChI is InChI=1S/C13H17F3N2O2S.ClH/c1-8(17)9-3-2-6-18(7-9)21(19,20)11-5-4-10(14)12(15)13(11)16;/h4-5,8-9H,2-3,6-7,17H2,1H3;1H. The van der Waals surface area contributed by atoms with Gasteiger partial charge in [0.2, 0.25) is 10.0 Å². The molecule has 1 heterocycles. The van der Waals surface area contributed by atoms with Crippen molar-refractivity contribution in [1.29, 1.82) is 0 Å². The molecule has 1 saturated heterocycles. The van der Waals surface area contributed by atoms with Gasteiger partial charge in [0.1, 0.15) is 4.90 Å². The molecule has 2 rings (SSSR count). The van der Waals surface area contributed by atoms with Gasteiger partial charge in [-0.05, 0) is 37.8 Å². The number of halogens is 4. The Kier molecular flexibility index (Phi) is 6.26. The number of hydrogen-bond acceptors (Lipinski definition) is 3. The van der Waals surface area contributed by atoms with E-state index in [0.29, 0.717) is 12.5 Å². The molecule has 2 atom stereocenters. The highest BCUT2D eigenvalue weighted by atomic mass is 35.5. The predicted molar refractivity (Wildman–Crippen MR) is 78.7 cm³/mol. The number of benzene rings is 1. The van der Waals surface area contributed by atoms with Crippen LogP contribution in [0.15, 0.2) is 17.0 Å². The number of rotatable bonds is 3. The van der Waals surface area contributed by atoms with E-state index in [9.17, 15) is 21.6 Å². The Bertz CT molecular complexity index is 640. The number of nitrogens with zero attached hydrogens (tertiary/aromatic N) is 1. The van der Waals surface area contributed by atoms with Gasteiger partial charge < -0.3 is 5.73 Å². The van der Waals surface area contributed by atoms with Crippen molar-refractivity contribution in [1.82, 2.24) is 4.31 Å². The summed E-state index contributed by atoms with van der Waals surface area (Å²) in [5.74, 6) is -4.92. The summed E-state index contributed by atoms with van der Waals surface area (Å²) in [7, 11) is -4.20. The van der Waals surface area contributed by atoms with Gasteiger partial charge in [-0.15, -0.1) is 12.4 Å². The predicted octanol–water partition coefficient (Wildman–Crippen LogP) is 2.27. The lowest BCUT2D eigenvalue weighted by Gasteiger charge is -2.33. The molecular formula is C13H18ClF3N2O2S. The lowest BCUT2D eigenvalue weighted by Crippen LogP contribution is -2.45. The first kappa shape index (κ1) is 19.2. The molecule has 0 aliphatic carbocycles. The second-order valence-electron chi connectivity index (χ2n) is 5.30. The van der Waals surface area contributed by atoms with Crippen LogP contribution in [0.1, 0.15) is 19.8 Å². The zero-order valence-electron chi connectivity index (χ0n) is 11.9. The summed E-state index contributed by atoms with van der Waals surface area (Å²) in [6.45, 7) is 2.14. The first-order chi connectivity index (χ1) is 9.75. The van der Waals surface area contributed by atoms with Gasteiger partial charge in [-0.2, -0.15) is 4.31 Å². The minimum atomic E-state index is -4.20. The van der Waals surface area contributed by atoms with Gasteiger partial charge in [-0.25, -0.2) is 21.6 Å². The summed E-state index contributed by atoms with van der Waals surface area (Å²) >= 11 is 0. The summed E-state index contributed by atoms with van der Waals surface area (Å²) in [5.41, 5.74) is 5.78. The normalized spacial score (nSPS) is 21.2. The lowest BCUT2D eigenvalue weighted by molar-refractivity contribution is 0.242. The molecule has 1 aliphatic rings. The van der Waals surface area contributed by atoms with Crippen LogP contribution in [0.4, 0.5) is 13.2 Å². The van der Waals surface area contributed by atoms with Crippen LogP contribution in [0.2, 0.25) is 0 Å². The highest BCUT2D eigenvalue weighted by Gasteiger charge is 2.34. The Morgan fingerprint density at radius 2 is 1.91 bits per heavy atom. The summed E-state index contributed by atoms with van der Waals surface area (Å²) < 4.78 is 65.8. The van der Waals surface area contributed by atoms with Crippen molar-refractivity contribution in [3.63, 3.8) is 0 Å². The molecule has 1 aromatic carbocycles. The van der Waals surface area contributed by atoms with Crippen molar-refractivity contribution < 1.29 is 21.6 Å². The Morgan fingerprint density at radius 1 is 1.27 bits per heavy atom. The van der Waals surface area contributed by atoms with Crippen molar-refractivity contribution >= 4 is 22.4 Å². The fraction of sp³-hybridized carbons (Fsp3) is 0.538. The zero-order chi connectivity index (χ0) is 15.8. The zero-order valence-corrected chi connectivity index (χ0v) is 13.6. The molecule has 0 aromatic heterocycles. The van der Waals surface area contributed by atoms with E-state index in [-0.39, 0.29) is 37.5 Å². The van der Waals surface area contributed by atoms with E-state index in [1.807, 2.05) is 0 Å². The van der Waals surface area contributed by atoms with E-state index >= 15 is 0 Å². The van der Waals surface area contributed by atoms with E-state index in [2.05, 4.69) is 0 Å². The van der Waals surface area contributed by atoms with Gasteiger partial charge in [-0.1, -0.05) is 0 Å². The minimum absolute atomic E-state index is 0. The average molecular weight is 359 g/mol. The van der Waals surface area contributed by atoms with E-state index in [1.54, 1.807) is 6.92 Å². The van der Waals surface area contributed by atoms with Gasteiger partial charge in [0.05, 0.1) is 0 Å². The molecule has 0 bridgehead atoms. The van der Waals surface area contributed by atoms with Crippen LogP contribution in [0.3, 0.4) is 0 Å². The van der Waals surface area contributed by atoms with Crippen LogP contribution in [0, 0.1) is 23.4 Å². The van der Waals surface area contributed by atoms with Crippen molar-refractivity contribution in [3.05, 3.63) is 29.6 Å². The molecule has 22 heavy (non-hydrogen) atoms. The van der Waals surface area contributed by atoms with E-state index < -0.39 is 32.4 Å². The smallest absolute Gasteiger partial charge is 0.246 e. The average Bonchev–Trinajstić information content (AvgIpc) is 2.44. The van der Waals surface area contributed by atoms with E-state index in [0.717, 1.165) is 16.8 Å². The third-order valence-corrected chi connectivity index (χ3v) is 5.66. The van der Waals surface area contributed by atoms with Crippen molar-refractivity contribution in [2.45, 2.75) is 30.7 Å². The maximum Gasteiger partial charge on any atom is 0.246 e. The van der Waals surface area contributed by atoms with Crippen LogP contribution >= 0.6 is 12.4 Å². The van der Waals surface area contributed by atoms with Gasteiger partial charge in [0, 0.05) is 19.1 Å². The van der Waals surface area contributed by atoms with Crippen LogP contribution in [-0.2, 0) is 10.0 Å². The summed E-state index contributed by atoms with van der Waals surface area (Å²) in [6, 6.07) is 1.16. The highest BCUT2D eigenvalue weighted by Crippen LogP contribution is 2.27. The van der Waals surface area contributed by atoms with E-state index in [1.165, 1.54) is 0 Å². The molecule has 0 radical (unpaired) electrons. The van der Waals surface area contributed by atoms with Crippen molar-refractivity contribution in [2.24, 2.45) is 11.7 Å². The molecule has 1 aromatic rings. The maximum absolute atomic E-state index is 13.7. The first-order valence-corrected chi connectivity index (χ1v) is 8.08. The third-order valence-electron chi connectivity index (χ3n) is 3.78. The highest BCUT2D eigenvalue weighted by molar-refractivity contribution is 7.89. The molecule has 2 N–H and O–H groups in total. The van der Waals surface area contributed by atoms with Crippen molar-refractivity contribution in [3.8, 4) is 0 Å². The second kappa shape index (κ2) is 7.16. The van der Waals surface area contributed by atoms with Gasteiger partial charge in [-0.3, -0.25) is 0 Å². The molecule has 0 amide bonds. The van der Waals surface area contributed by atoms with E-state index in [4.69, 9.17) is 5.73 Å². The summed E-state index contributed by atoms with van der Waals surface area (Å²) in [4.78, 5) is -0.841. The monoisotopic (exact) mass is 358 g/mol. The van der Waals surface area contributed by atoms with Crippen LogP contribution in [0.25, 0.3) is 0 Å². The first-order valence-electron chi connectivity index (χ1n) is 6.64. The Labute approximate surface area is 133 Å². The van der Waals surface area contributed by atoms with Gasteiger partial charge in [0.25, 0.3) is 0 Å². The largest absolute Gasteiger partial charge is 0.328 e. The molecule has 2 unspecified atom stereocenters. The van der Waals surface area contributed by atoms with Crippen LogP contribution in [-0.4, -0.2) is 31.9 Å². The molecule has 1 aliphatic heterocycles. The Hall–Kier alpha value is -0.830. The number of sulfonamides is 1. The molecule has 1 fully saturated rings. The molecular weight excluding hydrogens is 341 g/mol. The summed E-state index contributed by atoms with van der Waals surface area (Å²) in [5, 5.41) is 0. The second-order valence-corrected chi connectivity index (χ2v) is 7.20. The molecule has 126 valence electrons. The fourth-order valence-corrected chi connectivity index (χ4v) is 4.06. The van der Waals surface area contributed by atoms with Gasteiger partial charge in [0.15, 0.2) is 17.5 Å². The molecule has 4 nitrogen and oxygen atoms in total. The topological polar surface area (TPSA) is 63.4 Å². The third kappa shape index (κ3) is 3.56. The Balaban J connectivity index is 0.00000242. The maximum atomic E-state index is 13.7. The number of hydrogen-bond donors (Lipinski definition) is 1. The van der Waals surface area contributed by atoms with Crippen LogP contribution in [0.5, 0.6) is 0 Å². The number of nitrogens with two attached hydrogens (primary N) is 1. The Morgan fingerprint density at radius 3 is 2.50 bits per heavy atom. The van der Waals surface area contributed by atoms with Crippen molar-refractivity contribution in [2.75, 3.05) is 13.1 Å². The van der Waals surface area contributed by atoms with Gasteiger partial charge >= 0.3 is 0 Å².